The van der Waals surface area contributed by atoms with Crippen LogP contribution >= 0.6 is 47.0 Å². The fraction of sp³-hybridized carbons (Fsp3) is 0.0833. The van der Waals surface area contributed by atoms with E-state index in [2.05, 4.69) is 10.3 Å². The van der Waals surface area contributed by atoms with E-state index in [1.807, 2.05) is 36.4 Å². The van der Waals surface area contributed by atoms with Crippen molar-refractivity contribution in [1.29, 1.82) is 0 Å². The molecule has 1 aliphatic heterocycles. The Morgan fingerprint density at radius 2 is 1.82 bits per heavy atom. The summed E-state index contributed by atoms with van der Waals surface area (Å²) >= 11 is 24.2. The first-order valence-electron chi connectivity index (χ1n) is 9.96. The van der Waals surface area contributed by atoms with Gasteiger partial charge in [-0.2, -0.15) is 0 Å². The van der Waals surface area contributed by atoms with Crippen molar-refractivity contribution in [3.05, 3.63) is 99.4 Å². The minimum Gasteiger partial charge on any atom is -0.506 e. The molecule has 0 unspecified atom stereocenters. The van der Waals surface area contributed by atoms with Crippen molar-refractivity contribution in [2.75, 3.05) is 4.90 Å². The lowest BCUT2D eigenvalue weighted by Crippen LogP contribution is -2.29. The van der Waals surface area contributed by atoms with Gasteiger partial charge in [0, 0.05) is 16.8 Å². The first kappa shape index (κ1) is 22.0. The van der Waals surface area contributed by atoms with E-state index in [0.29, 0.717) is 37.4 Å². The lowest BCUT2D eigenvalue weighted by atomic mass is 10.0. The maximum atomic E-state index is 10.6. The number of furan rings is 1. The monoisotopic (exact) mass is 515 g/mol. The molecule has 0 radical (unpaired) electrons. The number of aromatic nitrogens is 1. The third-order valence-electron chi connectivity index (χ3n) is 5.42. The number of hydrogen-bond donors (Lipinski definition) is 2. The Morgan fingerprint density at radius 1 is 0.970 bits per heavy atom. The minimum absolute atomic E-state index is 0.0477. The van der Waals surface area contributed by atoms with Gasteiger partial charge in [-0.25, -0.2) is 0 Å². The van der Waals surface area contributed by atoms with Crippen LogP contribution in [0.4, 0.5) is 5.69 Å². The van der Waals surface area contributed by atoms with Gasteiger partial charge in [0.15, 0.2) is 5.11 Å². The van der Waals surface area contributed by atoms with Crippen LogP contribution in [0, 0.1) is 0 Å². The van der Waals surface area contributed by atoms with Crippen LogP contribution in [0.25, 0.3) is 11.3 Å². The van der Waals surface area contributed by atoms with Crippen molar-refractivity contribution < 1.29 is 9.52 Å². The zero-order valence-electron chi connectivity index (χ0n) is 16.9. The highest BCUT2D eigenvalue weighted by atomic mass is 35.5. The summed E-state index contributed by atoms with van der Waals surface area (Å²) in [6.07, 6.45) is 1.72. The standard InChI is InChI=1S/C24H16Cl3N3O2S/c25-14-5-7-19(31)18(12-14)30-23(22(29-24(30)33)17-3-1-2-10-28-17)21-9-8-20(32-21)13-4-6-15(26)16(27)11-13/h1-12,22-23,31H,(H,29,33)/t22-,23+/m0/s1. The molecule has 1 fully saturated rings. The van der Waals surface area contributed by atoms with Gasteiger partial charge in [-0.1, -0.05) is 40.9 Å². The minimum atomic E-state index is -0.437. The molecular formula is C24H16Cl3N3O2S. The van der Waals surface area contributed by atoms with Gasteiger partial charge < -0.3 is 19.7 Å². The summed E-state index contributed by atoms with van der Waals surface area (Å²) in [6, 6.07) is 18.8. The number of halogens is 3. The molecular weight excluding hydrogens is 501 g/mol. The molecule has 166 valence electrons. The molecule has 33 heavy (non-hydrogen) atoms. The molecule has 4 aromatic rings. The van der Waals surface area contributed by atoms with Crippen molar-refractivity contribution in [3.8, 4) is 17.1 Å². The predicted molar refractivity (Wildman–Crippen MR) is 135 cm³/mol. The number of nitrogens with zero attached hydrogens (tertiary/aromatic N) is 2. The smallest absolute Gasteiger partial charge is 0.174 e. The molecule has 2 N–H and O–H groups in total. The van der Waals surface area contributed by atoms with Crippen LogP contribution in [0.2, 0.25) is 15.1 Å². The quantitative estimate of drug-likeness (QED) is 0.280. The molecule has 0 saturated carbocycles. The molecule has 0 amide bonds. The van der Waals surface area contributed by atoms with Gasteiger partial charge in [-0.15, -0.1) is 0 Å². The van der Waals surface area contributed by atoms with Gasteiger partial charge in [0.1, 0.15) is 23.3 Å². The highest BCUT2D eigenvalue weighted by Crippen LogP contribution is 2.46. The van der Waals surface area contributed by atoms with Crippen LogP contribution in [-0.4, -0.2) is 15.2 Å². The fourth-order valence-corrected chi connectivity index (χ4v) is 4.71. The molecule has 0 bridgehead atoms. The third kappa shape index (κ3) is 4.15. The molecule has 2 atom stereocenters. The van der Waals surface area contributed by atoms with Gasteiger partial charge >= 0.3 is 0 Å². The summed E-state index contributed by atoms with van der Waals surface area (Å²) in [5.74, 6) is 1.29. The number of rotatable bonds is 4. The first-order chi connectivity index (χ1) is 15.9. The predicted octanol–water partition coefficient (Wildman–Crippen LogP) is 7.18. The molecule has 5 nitrogen and oxygen atoms in total. The maximum absolute atomic E-state index is 10.6. The molecule has 2 aromatic carbocycles. The molecule has 1 saturated heterocycles. The lowest BCUT2D eigenvalue weighted by molar-refractivity contribution is 0.434. The van der Waals surface area contributed by atoms with E-state index in [9.17, 15) is 5.11 Å². The van der Waals surface area contributed by atoms with Crippen LogP contribution in [0.3, 0.4) is 0 Å². The fourth-order valence-electron chi connectivity index (χ4n) is 3.91. The number of anilines is 1. The molecule has 1 aliphatic rings. The Morgan fingerprint density at radius 3 is 2.58 bits per heavy atom. The summed E-state index contributed by atoms with van der Waals surface area (Å²) in [5.41, 5.74) is 2.04. The number of thiocarbonyl (C=S) groups is 1. The Hall–Kier alpha value is -2.77. The Balaban J connectivity index is 1.62. The van der Waals surface area contributed by atoms with Crippen molar-refractivity contribution in [2.45, 2.75) is 12.1 Å². The van der Waals surface area contributed by atoms with Crippen molar-refractivity contribution in [3.63, 3.8) is 0 Å². The summed E-state index contributed by atoms with van der Waals surface area (Å²) in [4.78, 5) is 6.31. The second-order valence-electron chi connectivity index (χ2n) is 7.46. The number of nitrogens with one attached hydrogen (secondary N) is 1. The first-order valence-corrected chi connectivity index (χ1v) is 11.5. The van der Waals surface area contributed by atoms with E-state index in [1.165, 1.54) is 6.07 Å². The Kier molecular flexibility index (Phi) is 5.93. The highest BCUT2D eigenvalue weighted by Gasteiger charge is 2.43. The number of benzene rings is 2. The SMILES string of the molecule is Oc1ccc(Cl)cc1N1C(=S)N[C@@H](c2ccccn2)[C@H]1c1ccc(-c2ccc(Cl)c(Cl)c2)o1. The van der Waals surface area contributed by atoms with Gasteiger partial charge in [-0.3, -0.25) is 4.98 Å². The van der Waals surface area contributed by atoms with Crippen LogP contribution in [0.1, 0.15) is 23.5 Å². The van der Waals surface area contributed by atoms with Crippen LogP contribution in [0.15, 0.2) is 77.3 Å². The van der Waals surface area contributed by atoms with E-state index in [0.717, 1.165) is 11.3 Å². The summed E-state index contributed by atoms with van der Waals surface area (Å²) in [6.45, 7) is 0. The van der Waals surface area contributed by atoms with Gasteiger partial charge in [0.2, 0.25) is 0 Å². The molecule has 0 spiro atoms. The maximum Gasteiger partial charge on any atom is 0.174 e. The molecule has 2 aromatic heterocycles. The number of phenols is 1. The zero-order chi connectivity index (χ0) is 23.1. The largest absolute Gasteiger partial charge is 0.506 e. The average molecular weight is 517 g/mol. The zero-order valence-corrected chi connectivity index (χ0v) is 20.0. The second-order valence-corrected chi connectivity index (χ2v) is 9.10. The van der Waals surface area contributed by atoms with E-state index >= 15 is 0 Å². The highest BCUT2D eigenvalue weighted by molar-refractivity contribution is 7.80. The van der Waals surface area contributed by atoms with Crippen molar-refractivity contribution in [2.24, 2.45) is 0 Å². The van der Waals surface area contributed by atoms with Crippen molar-refractivity contribution in [1.82, 2.24) is 10.3 Å². The Bertz CT molecular complexity index is 1350. The molecule has 5 rings (SSSR count). The van der Waals surface area contributed by atoms with E-state index in [4.69, 9.17) is 51.4 Å². The lowest BCUT2D eigenvalue weighted by Gasteiger charge is -2.26. The van der Waals surface area contributed by atoms with E-state index < -0.39 is 6.04 Å². The molecule has 0 aliphatic carbocycles. The molecule has 3 heterocycles. The van der Waals surface area contributed by atoms with Crippen LogP contribution in [0.5, 0.6) is 5.75 Å². The second kappa shape index (κ2) is 8.88. The van der Waals surface area contributed by atoms with E-state index in [-0.39, 0.29) is 11.8 Å². The van der Waals surface area contributed by atoms with Crippen LogP contribution < -0.4 is 10.2 Å². The molecule has 9 heteroatoms. The normalized spacial score (nSPS) is 17.9. The van der Waals surface area contributed by atoms with Gasteiger partial charge in [-0.05, 0) is 72.9 Å². The van der Waals surface area contributed by atoms with Gasteiger partial charge in [0.05, 0.1) is 27.5 Å². The average Bonchev–Trinajstić information content (AvgIpc) is 3.42. The van der Waals surface area contributed by atoms with E-state index in [1.54, 1.807) is 35.4 Å². The van der Waals surface area contributed by atoms with Crippen LogP contribution in [-0.2, 0) is 0 Å². The summed E-state index contributed by atoms with van der Waals surface area (Å²) in [5, 5.41) is 15.7. The topological polar surface area (TPSA) is 61.5 Å². The number of pyridine rings is 1. The Labute approximate surface area is 210 Å². The summed E-state index contributed by atoms with van der Waals surface area (Å²) < 4.78 is 6.28. The van der Waals surface area contributed by atoms with Gasteiger partial charge in [0.25, 0.3) is 0 Å². The number of phenolic OH excluding ortho intramolecular Hbond substituents is 1. The summed E-state index contributed by atoms with van der Waals surface area (Å²) in [7, 11) is 0. The number of aromatic hydroxyl groups is 1. The third-order valence-corrected chi connectivity index (χ3v) is 6.71. The van der Waals surface area contributed by atoms with Crippen molar-refractivity contribution >= 4 is 57.8 Å². The number of hydrogen-bond acceptors (Lipinski definition) is 4.